The van der Waals surface area contributed by atoms with Crippen LogP contribution in [0.2, 0.25) is 0 Å². The fourth-order valence-corrected chi connectivity index (χ4v) is 2.26. The number of rotatable bonds is 5. The minimum absolute atomic E-state index is 0.0484. The van der Waals surface area contributed by atoms with Gasteiger partial charge >= 0.3 is 0 Å². The molecular formula is C10H13NO3S. The van der Waals surface area contributed by atoms with Crippen LogP contribution < -0.4 is 5.32 Å². The van der Waals surface area contributed by atoms with Crippen LogP contribution in [0.1, 0.15) is 6.92 Å². The van der Waals surface area contributed by atoms with Crippen molar-refractivity contribution in [3.05, 3.63) is 24.3 Å². The zero-order valence-corrected chi connectivity index (χ0v) is 9.25. The molecule has 0 aliphatic rings. The Balaban J connectivity index is 3.12. The van der Waals surface area contributed by atoms with Crippen LogP contribution in [0.5, 0.6) is 0 Å². The first-order valence-corrected chi connectivity index (χ1v) is 6.26. The number of hydrogen-bond acceptors (Lipinski definition) is 4. The predicted octanol–water partition coefficient (Wildman–Crippen LogP) is 1.09. The second kappa shape index (κ2) is 4.93. The molecule has 0 heterocycles. The SMILES string of the molecule is CCS(=O)(=O)c1ccccc1NCC=O. The van der Waals surface area contributed by atoms with Crippen LogP contribution >= 0.6 is 0 Å². The Labute approximate surface area is 89.2 Å². The van der Waals surface area contributed by atoms with Crippen molar-refractivity contribution in [1.82, 2.24) is 0 Å². The quantitative estimate of drug-likeness (QED) is 0.765. The molecule has 0 bridgehead atoms. The molecule has 0 aliphatic heterocycles. The summed E-state index contributed by atoms with van der Waals surface area (Å²) in [5.41, 5.74) is 0.478. The highest BCUT2D eigenvalue weighted by Gasteiger charge is 2.15. The average Bonchev–Trinajstić information content (AvgIpc) is 2.26. The van der Waals surface area contributed by atoms with Gasteiger partial charge < -0.3 is 10.1 Å². The molecule has 15 heavy (non-hydrogen) atoms. The molecule has 0 amide bonds. The van der Waals surface area contributed by atoms with E-state index in [-0.39, 0.29) is 17.2 Å². The Kier molecular flexibility index (Phi) is 3.85. The van der Waals surface area contributed by atoms with E-state index in [4.69, 9.17) is 0 Å². The number of carbonyl (C=O) groups is 1. The predicted molar refractivity (Wildman–Crippen MR) is 58.7 cm³/mol. The Hall–Kier alpha value is -1.36. The fourth-order valence-electron chi connectivity index (χ4n) is 1.19. The lowest BCUT2D eigenvalue weighted by atomic mass is 10.3. The maximum atomic E-state index is 11.7. The fraction of sp³-hybridized carbons (Fsp3) is 0.300. The largest absolute Gasteiger partial charge is 0.377 e. The lowest BCUT2D eigenvalue weighted by Gasteiger charge is -2.09. The van der Waals surface area contributed by atoms with Gasteiger partial charge in [-0.05, 0) is 12.1 Å². The Morgan fingerprint density at radius 1 is 1.33 bits per heavy atom. The minimum atomic E-state index is -3.24. The summed E-state index contributed by atoms with van der Waals surface area (Å²) in [7, 11) is -3.24. The molecule has 0 fully saturated rings. The van der Waals surface area contributed by atoms with Crippen LogP contribution in [0.25, 0.3) is 0 Å². The normalized spacial score (nSPS) is 11.0. The maximum absolute atomic E-state index is 11.7. The Morgan fingerprint density at radius 2 is 2.00 bits per heavy atom. The van der Waals surface area contributed by atoms with E-state index in [1.807, 2.05) is 0 Å². The average molecular weight is 227 g/mol. The van der Waals surface area contributed by atoms with Gasteiger partial charge in [0.2, 0.25) is 0 Å². The standard InChI is InChI=1S/C10H13NO3S/c1-2-15(13,14)10-6-4-3-5-9(10)11-7-8-12/h3-6,8,11H,2,7H2,1H3. The summed E-state index contributed by atoms with van der Waals surface area (Å²) in [6.07, 6.45) is 0.690. The topological polar surface area (TPSA) is 63.2 Å². The van der Waals surface area contributed by atoms with E-state index in [0.717, 1.165) is 0 Å². The van der Waals surface area contributed by atoms with Crippen molar-refractivity contribution in [3.63, 3.8) is 0 Å². The second-order valence-corrected chi connectivity index (χ2v) is 5.19. The third-order valence-corrected chi connectivity index (χ3v) is 3.76. The van der Waals surface area contributed by atoms with E-state index in [1.165, 1.54) is 6.07 Å². The van der Waals surface area contributed by atoms with Crippen LogP contribution in [0.3, 0.4) is 0 Å². The van der Waals surface area contributed by atoms with Crippen LogP contribution in [-0.2, 0) is 14.6 Å². The van der Waals surface area contributed by atoms with Crippen molar-refractivity contribution < 1.29 is 13.2 Å². The van der Waals surface area contributed by atoms with Crippen LogP contribution in [-0.4, -0.2) is 27.0 Å². The molecule has 0 saturated carbocycles. The highest BCUT2D eigenvalue weighted by atomic mass is 32.2. The molecule has 0 aromatic heterocycles. The van der Waals surface area contributed by atoms with Gasteiger partial charge in [0.05, 0.1) is 22.9 Å². The van der Waals surface area contributed by atoms with Gasteiger partial charge in [-0.1, -0.05) is 19.1 Å². The van der Waals surface area contributed by atoms with Crippen LogP contribution in [0, 0.1) is 0 Å². The summed E-state index contributed by atoms with van der Waals surface area (Å²) in [6.45, 7) is 1.70. The van der Waals surface area contributed by atoms with Crippen molar-refractivity contribution in [1.29, 1.82) is 0 Å². The molecule has 4 nitrogen and oxygen atoms in total. The van der Waals surface area contributed by atoms with Gasteiger partial charge in [0.25, 0.3) is 0 Å². The minimum Gasteiger partial charge on any atom is -0.377 e. The molecule has 1 rings (SSSR count). The van der Waals surface area contributed by atoms with Crippen molar-refractivity contribution >= 4 is 21.8 Å². The van der Waals surface area contributed by atoms with E-state index in [2.05, 4.69) is 5.32 Å². The zero-order valence-electron chi connectivity index (χ0n) is 8.43. The van der Waals surface area contributed by atoms with Gasteiger partial charge in [0.1, 0.15) is 6.29 Å². The molecule has 82 valence electrons. The molecule has 0 aliphatic carbocycles. The highest BCUT2D eigenvalue weighted by Crippen LogP contribution is 2.21. The maximum Gasteiger partial charge on any atom is 0.180 e. The number of anilines is 1. The van der Waals surface area contributed by atoms with Gasteiger partial charge in [0, 0.05) is 0 Å². The van der Waals surface area contributed by atoms with Gasteiger partial charge in [-0.25, -0.2) is 8.42 Å². The molecule has 1 aromatic carbocycles. The van der Waals surface area contributed by atoms with Crippen molar-refractivity contribution in [2.45, 2.75) is 11.8 Å². The van der Waals surface area contributed by atoms with E-state index in [1.54, 1.807) is 25.1 Å². The lowest BCUT2D eigenvalue weighted by Crippen LogP contribution is -2.10. The number of carbonyl (C=O) groups excluding carboxylic acids is 1. The Bertz CT molecular complexity index is 440. The molecule has 5 heteroatoms. The van der Waals surface area contributed by atoms with Crippen molar-refractivity contribution in [2.24, 2.45) is 0 Å². The first-order valence-electron chi connectivity index (χ1n) is 4.61. The van der Waals surface area contributed by atoms with Crippen LogP contribution in [0.15, 0.2) is 29.2 Å². The summed E-state index contributed by atoms with van der Waals surface area (Å²) < 4.78 is 23.3. The number of hydrogen-bond donors (Lipinski definition) is 1. The van der Waals surface area contributed by atoms with Gasteiger partial charge in [-0.3, -0.25) is 0 Å². The number of sulfone groups is 1. The van der Waals surface area contributed by atoms with Crippen molar-refractivity contribution in [3.8, 4) is 0 Å². The number of para-hydroxylation sites is 1. The van der Waals surface area contributed by atoms with Gasteiger partial charge in [0.15, 0.2) is 9.84 Å². The van der Waals surface area contributed by atoms with E-state index < -0.39 is 9.84 Å². The molecule has 0 atom stereocenters. The van der Waals surface area contributed by atoms with Crippen molar-refractivity contribution in [2.75, 3.05) is 17.6 Å². The van der Waals surface area contributed by atoms with E-state index in [9.17, 15) is 13.2 Å². The smallest absolute Gasteiger partial charge is 0.180 e. The molecular weight excluding hydrogens is 214 g/mol. The third kappa shape index (κ3) is 2.79. The van der Waals surface area contributed by atoms with E-state index in [0.29, 0.717) is 12.0 Å². The molecule has 1 aromatic rings. The number of nitrogens with one attached hydrogen (secondary N) is 1. The summed E-state index contributed by atoms with van der Waals surface area (Å²) in [6, 6.07) is 6.56. The molecule has 0 spiro atoms. The number of benzene rings is 1. The van der Waals surface area contributed by atoms with E-state index >= 15 is 0 Å². The summed E-state index contributed by atoms with van der Waals surface area (Å²) >= 11 is 0. The first-order chi connectivity index (χ1) is 7.11. The lowest BCUT2D eigenvalue weighted by molar-refractivity contribution is -0.106. The second-order valence-electron chi connectivity index (χ2n) is 2.95. The van der Waals surface area contributed by atoms with Gasteiger partial charge in [-0.15, -0.1) is 0 Å². The summed E-state index contributed by atoms with van der Waals surface area (Å²) in [4.78, 5) is 10.4. The molecule has 0 radical (unpaired) electrons. The highest BCUT2D eigenvalue weighted by molar-refractivity contribution is 7.91. The third-order valence-electron chi connectivity index (χ3n) is 1.98. The molecule has 0 saturated heterocycles. The first kappa shape index (κ1) is 11.7. The zero-order chi connectivity index (χ0) is 11.3. The Morgan fingerprint density at radius 3 is 2.60 bits per heavy atom. The monoisotopic (exact) mass is 227 g/mol. The van der Waals surface area contributed by atoms with Crippen LogP contribution in [0.4, 0.5) is 5.69 Å². The number of aldehydes is 1. The van der Waals surface area contributed by atoms with Gasteiger partial charge in [-0.2, -0.15) is 0 Å². The molecule has 1 N–H and O–H groups in total. The summed E-state index contributed by atoms with van der Waals surface area (Å²) in [5.74, 6) is 0.0484. The molecule has 0 unspecified atom stereocenters. The summed E-state index contributed by atoms with van der Waals surface area (Å²) in [5, 5.41) is 2.76.